The third-order valence-electron chi connectivity index (χ3n) is 3.17. The zero-order valence-electron chi connectivity index (χ0n) is 12.4. The second-order valence-corrected chi connectivity index (χ2v) is 5.70. The van der Waals surface area contributed by atoms with Crippen LogP contribution < -0.4 is 10.1 Å². The number of nitro groups is 1. The zero-order chi connectivity index (χ0) is 16.8. The Morgan fingerprint density at radius 1 is 1.26 bits per heavy atom. The lowest BCUT2D eigenvalue weighted by Crippen LogP contribution is -2.31. The molecule has 0 radical (unpaired) electrons. The zero-order valence-corrected chi connectivity index (χ0v) is 13.9. The van der Waals surface area contributed by atoms with Gasteiger partial charge in [-0.25, -0.2) is 0 Å². The van der Waals surface area contributed by atoms with Gasteiger partial charge in [-0.3, -0.25) is 14.9 Å². The van der Waals surface area contributed by atoms with Crippen LogP contribution in [0, 0.1) is 10.1 Å². The van der Waals surface area contributed by atoms with Crippen molar-refractivity contribution in [2.45, 2.75) is 13.0 Å². The summed E-state index contributed by atoms with van der Waals surface area (Å²) in [5, 5.41) is 13.4. The third-order valence-corrected chi connectivity index (χ3v) is 3.89. The molecule has 6 nitrogen and oxygen atoms in total. The minimum absolute atomic E-state index is 0.0237. The van der Waals surface area contributed by atoms with E-state index in [1.165, 1.54) is 24.3 Å². The van der Waals surface area contributed by atoms with Crippen LogP contribution in [0.1, 0.15) is 18.5 Å². The van der Waals surface area contributed by atoms with E-state index >= 15 is 0 Å². The van der Waals surface area contributed by atoms with Crippen LogP contribution >= 0.6 is 15.9 Å². The Bertz CT molecular complexity index is 703. The Morgan fingerprint density at radius 3 is 2.52 bits per heavy atom. The van der Waals surface area contributed by atoms with E-state index in [9.17, 15) is 14.9 Å². The van der Waals surface area contributed by atoms with Gasteiger partial charge in [0.25, 0.3) is 11.6 Å². The Balaban J connectivity index is 1.87. The van der Waals surface area contributed by atoms with Gasteiger partial charge in [0, 0.05) is 16.6 Å². The summed E-state index contributed by atoms with van der Waals surface area (Å²) in [6, 6.07) is 13.0. The van der Waals surface area contributed by atoms with E-state index in [2.05, 4.69) is 21.2 Å². The molecule has 1 N–H and O–H groups in total. The maximum atomic E-state index is 11.9. The molecule has 2 rings (SSSR count). The van der Waals surface area contributed by atoms with Crippen LogP contribution in [0.3, 0.4) is 0 Å². The van der Waals surface area contributed by atoms with Gasteiger partial charge in [0.1, 0.15) is 5.75 Å². The molecule has 0 saturated carbocycles. The highest BCUT2D eigenvalue weighted by molar-refractivity contribution is 9.10. The number of non-ortho nitro benzene ring substituents is 1. The highest BCUT2D eigenvalue weighted by Gasteiger charge is 2.12. The first-order valence-electron chi connectivity index (χ1n) is 6.88. The van der Waals surface area contributed by atoms with Gasteiger partial charge in [-0.05, 0) is 30.7 Å². The fraction of sp³-hybridized carbons (Fsp3) is 0.188. The number of benzene rings is 2. The molecule has 2 aromatic rings. The number of nitrogens with zero attached hydrogens (tertiary/aromatic N) is 1. The number of nitrogens with one attached hydrogen (secondary N) is 1. The molecule has 0 aliphatic heterocycles. The number of hydrogen-bond donors (Lipinski definition) is 1. The first-order chi connectivity index (χ1) is 11.0. The number of rotatable bonds is 6. The number of nitro benzene ring substituents is 1. The van der Waals surface area contributed by atoms with E-state index in [1.54, 1.807) is 0 Å². The normalized spacial score (nSPS) is 11.6. The van der Waals surface area contributed by atoms with Crippen molar-refractivity contribution in [3.05, 3.63) is 68.7 Å². The molecule has 0 aliphatic carbocycles. The molecule has 0 saturated heterocycles. The summed E-state index contributed by atoms with van der Waals surface area (Å²) in [7, 11) is 0. The average molecular weight is 379 g/mol. The van der Waals surface area contributed by atoms with E-state index in [-0.39, 0.29) is 24.2 Å². The minimum Gasteiger partial charge on any atom is -0.484 e. The molecular weight excluding hydrogens is 364 g/mol. The van der Waals surface area contributed by atoms with Crippen LogP contribution in [0.15, 0.2) is 53.0 Å². The summed E-state index contributed by atoms with van der Waals surface area (Å²) in [6.07, 6.45) is 0. The van der Waals surface area contributed by atoms with Gasteiger partial charge >= 0.3 is 0 Å². The molecular formula is C16H15BrN2O4. The number of carbonyl (C=O) groups is 1. The van der Waals surface area contributed by atoms with Gasteiger partial charge < -0.3 is 10.1 Å². The summed E-state index contributed by atoms with van der Waals surface area (Å²) < 4.78 is 6.24. The Hall–Kier alpha value is -2.41. The molecule has 1 atom stereocenters. The number of hydrogen-bond acceptors (Lipinski definition) is 4. The Kier molecular flexibility index (Phi) is 5.70. The Labute approximate surface area is 141 Å². The summed E-state index contributed by atoms with van der Waals surface area (Å²) in [5.74, 6) is 0.130. The van der Waals surface area contributed by atoms with Crippen LogP contribution in [-0.2, 0) is 4.79 Å². The molecule has 0 aliphatic rings. The molecule has 7 heteroatoms. The lowest BCUT2D eigenvalue weighted by Gasteiger charge is -2.16. The van der Waals surface area contributed by atoms with Gasteiger partial charge in [-0.15, -0.1) is 0 Å². The SMILES string of the molecule is CC(NC(=O)COc1ccc([N+](=O)[O-])cc1)c1ccccc1Br. The van der Waals surface area contributed by atoms with Gasteiger partial charge in [-0.1, -0.05) is 34.1 Å². The second-order valence-electron chi connectivity index (χ2n) is 4.85. The van der Waals surface area contributed by atoms with E-state index in [1.807, 2.05) is 31.2 Å². The van der Waals surface area contributed by atoms with E-state index in [0.717, 1.165) is 10.0 Å². The van der Waals surface area contributed by atoms with E-state index < -0.39 is 4.92 Å². The van der Waals surface area contributed by atoms with Crippen LogP contribution in [0.2, 0.25) is 0 Å². The fourth-order valence-corrected chi connectivity index (χ4v) is 2.63. The van der Waals surface area contributed by atoms with Crippen LogP contribution in [0.5, 0.6) is 5.75 Å². The van der Waals surface area contributed by atoms with E-state index in [0.29, 0.717) is 5.75 Å². The quantitative estimate of drug-likeness (QED) is 0.614. The average Bonchev–Trinajstić information content (AvgIpc) is 2.53. The van der Waals surface area contributed by atoms with Crippen molar-refractivity contribution in [1.29, 1.82) is 0 Å². The van der Waals surface area contributed by atoms with Gasteiger partial charge in [0.2, 0.25) is 0 Å². The molecule has 0 bridgehead atoms. The molecule has 1 amide bonds. The van der Waals surface area contributed by atoms with Crippen molar-refractivity contribution in [3.8, 4) is 5.75 Å². The number of amides is 1. The number of ether oxygens (including phenoxy) is 1. The van der Waals surface area contributed by atoms with Crippen LogP contribution in [0.25, 0.3) is 0 Å². The Morgan fingerprint density at radius 2 is 1.91 bits per heavy atom. The predicted octanol–water partition coefficient (Wildman–Crippen LogP) is 3.61. The van der Waals surface area contributed by atoms with Crippen molar-refractivity contribution in [2.75, 3.05) is 6.61 Å². The topological polar surface area (TPSA) is 81.5 Å². The smallest absolute Gasteiger partial charge is 0.269 e. The van der Waals surface area contributed by atoms with Crippen molar-refractivity contribution in [3.63, 3.8) is 0 Å². The highest BCUT2D eigenvalue weighted by atomic mass is 79.9. The molecule has 23 heavy (non-hydrogen) atoms. The molecule has 120 valence electrons. The van der Waals surface area contributed by atoms with Crippen molar-refractivity contribution >= 4 is 27.5 Å². The minimum atomic E-state index is -0.490. The highest BCUT2D eigenvalue weighted by Crippen LogP contribution is 2.22. The molecule has 2 aromatic carbocycles. The monoisotopic (exact) mass is 378 g/mol. The molecule has 0 spiro atoms. The van der Waals surface area contributed by atoms with Crippen molar-refractivity contribution in [1.82, 2.24) is 5.32 Å². The predicted molar refractivity (Wildman–Crippen MR) is 89.3 cm³/mol. The maximum absolute atomic E-state index is 11.9. The molecule has 0 aromatic heterocycles. The summed E-state index contributed by atoms with van der Waals surface area (Å²) in [4.78, 5) is 22.0. The lowest BCUT2D eigenvalue weighted by atomic mass is 10.1. The molecule has 0 fully saturated rings. The van der Waals surface area contributed by atoms with Crippen LogP contribution in [0.4, 0.5) is 5.69 Å². The summed E-state index contributed by atoms with van der Waals surface area (Å²) >= 11 is 3.44. The summed E-state index contributed by atoms with van der Waals surface area (Å²) in [5.41, 5.74) is 0.945. The molecule has 0 heterocycles. The van der Waals surface area contributed by atoms with Gasteiger partial charge in [0.15, 0.2) is 6.61 Å². The lowest BCUT2D eigenvalue weighted by molar-refractivity contribution is -0.384. The first kappa shape index (κ1) is 17.0. The third kappa shape index (κ3) is 4.79. The second kappa shape index (κ2) is 7.73. The van der Waals surface area contributed by atoms with Crippen molar-refractivity contribution in [2.24, 2.45) is 0 Å². The standard InChI is InChI=1S/C16H15BrN2O4/c1-11(14-4-2-3-5-15(14)17)18-16(20)10-23-13-8-6-12(7-9-13)19(21)22/h2-9,11H,10H2,1H3,(H,18,20). The number of carbonyl (C=O) groups excluding carboxylic acids is 1. The van der Waals surface area contributed by atoms with E-state index in [4.69, 9.17) is 4.74 Å². The fourth-order valence-electron chi connectivity index (χ4n) is 2.00. The first-order valence-corrected chi connectivity index (χ1v) is 7.67. The van der Waals surface area contributed by atoms with Gasteiger partial charge in [-0.2, -0.15) is 0 Å². The largest absolute Gasteiger partial charge is 0.484 e. The molecule has 1 unspecified atom stereocenters. The number of halogens is 1. The van der Waals surface area contributed by atoms with Crippen LogP contribution in [-0.4, -0.2) is 17.4 Å². The maximum Gasteiger partial charge on any atom is 0.269 e. The van der Waals surface area contributed by atoms with Crippen molar-refractivity contribution < 1.29 is 14.5 Å². The van der Waals surface area contributed by atoms with Gasteiger partial charge in [0.05, 0.1) is 11.0 Å². The summed E-state index contributed by atoms with van der Waals surface area (Å²) in [6.45, 7) is 1.72.